The molecule has 2 heterocycles. The molecule has 0 amide bonds. The van der Waals surface area contributed by atoms with Crippen molar-refractivity contribution < 1.29 is 4.39 Å². The molecule has 0 radical (unpaired) electrons. The van der Waals surface area contributed by atoms with Crippen LogP contribution >= 0.6 is 0 Å². The molecule has 0 aliphatic carbocycles. The third kappa shape index (κ3) is 4.41. The minimum Gasteiger partial charge on any atom is -0.352 e. The zero-order chi connectivity index (χ0) is 21.6. The Hall–Kier alpha value is -4.51. The number of hydrogen-bond acceptors (Lipinski definition) is 4. The van der Waals surface area contributed by atoms with Gasteiger partial charge >= 0.3 is 0 Å². The van der Waals surface area contributed by atoms with E-state index >= 15 is 0 Å². The third-order valence-electron chi connectivity index (χ3n) is 4.68. The lowest BCUT2D eigenvalue weighted by molar-refractivity contribution is 0.631. The fourth-order valence-corrected chi connectivity index (χ4v) is 3.16. The van der Waals surface area contributed by atoms with Gasteiger partial charge in [0.05, 0.1) is 11.4 Å². The Bertz CT molecular complexity index is 1240. The first-order chi connectivity index (χ1) is 15.2. The van der Waals surface area contributed by atoms with Crippen molar-refractivity contribution in [2.24, 2.45) is 0 Å². The average Bonchev–Trinajstić information content (AvgIpc) is 3.24. The number of aromatic amines is 1. The monoisotopic (exact) mass is 411 g/mol. The first kappa shape index (κ1) is 19.8. The fraction of sp³-hybridized carbons (Fsp3) is 0.0435. The second kappa shape index (κ2) is 8.88. The van der Waals surface area contributed by atoms with Gasteiger partial charge < -0.3 is 10.3 Å². The van der Waals surface area contributed by atoms with Crippen LogP contribution in [0.4, 0.5) is 4.39 Å². The Balaban J connectivity index is 1.67. The Morgan fingerprint density at radius 2 is 1.77 bits per heavy atom. The van der Waals surface area contributed by atoms with Gasteiger partial charge in [-0.1, -0.05) is 36.4 Å². The molecule has 2 aromatic carbocycles. The summed E-state index contributed by atoms with van der Waals surface area (Å²) in [6.07, 6.45) is 5.06. The van der Waals surface area contributed by atoms with Crippen LogP contribution in [0.2, 0.25) is 0 Å². The van der Waals surface area contributed by atoms with E-state index < -0.39 is 0 Å². The van der Waals surface area contributed by atoms with Gasteiger partial charge in [-0.05, 0) is 29.8 Å². The highest BCUT2D eigenvalue weighted by atomic mass is 19.1. The molecule has 0 saturated carbocycles. The highest BCUT2D eigenvalue weighted by molar-refractivity contribution is 5.81. The lowest BCUT2D eigenvalue weighted by Crippen LogP contribution is -2.32. The zero-order valence-electron chi connectivity index (χ0n) is 16.4. The van der Waals surface area contributed by atoms with Crippen LogP contribution in [-0.4, -0.2) is 20.9 Å². The second-order valence-corrected chi connectivity index (χ2v) is 6.69. The maximum absolute atomic E-state index is 14.5. The summed E-state index contributed by atoms with van der Waals surface area (Å²) >= 11 is 0. The summed E-state index contributed by atoms with van der Waals surface area (Å²) in [6.45, 7) is 0.398. The fourth-order valence-electron chi connectivity index (χ4n) is 3.16. The van der Waals surface area contributed by atoms with Crippen molar-refractivity contribution in [3.8, 4) is 40.1 Å². The van der Waals surface area contributed by atoms with Crippen LogP contribution in [-0.2, 0) is 6.54 Å². The van der Waals surface area contributed by atoms with Crippen molar-refractivity contribution in [1.29, 1.82) is 10.7 Å². The third-order valence-corrected chi connectivity index (χ3v) is 4.68. The van der Waals surface area contributed by atoms with E-state index in [1.165, 1.54) is 6.07 Å². The predicted molar refractivity (Wildman–Crippen MR) is 116 cm³/mol. The number of hydrogen-bond donors (Lipinski definition) is 4. The largest absolute Gasteiger partial charge is 0.352 e. The number of halogens is 1. The van der Waals surface area contributed by atoms with Crippen LogP contribution in [0.3, 0.4) is 0 Å². The number of benzene rings is 2. The Labute approximate surface area is 178 Å². The summed E-state index contributed by atoms with van der Waals surface area (Å²) < 4.78 is 14.5. The molecule has 4 N–H and O–H groups in total. The summed E-state index contributed by atoms with van der Waals surface area (Å²) in [6, 6.07) is 17.9. The Morgan fingerprint density at radius 1 is 1.03 bits per heavy atom. The lowest BCUT2D eigenvalue weighted by Gasteiger charge is -2.06. The van der Waals surface area contributed by atoms with E-state index in [0.717, 1.165) is 16.7 Å². The highest BCUT2D eigenvalue weighted by Crippen LogP contribution is 2.34. The minimum absolute atomic E-state index is 0.0610. The van der Waals surface area contributed by atoms with E-state index in [-0.39, 0.29) is 11.8 Å². The molecule has 0 saturated heterocycles. The molecule has 0 unspecified atom stereocenters. The SMILES string of the molecule is N#CNC(=N)NCc1ccc(-c2nc(-c3ccccc3F)c(-c3ccncc3)[nH]2)cc1. The van der Waals surface area contributed by atoms with E-state index in [4.69, 9.17) is 15.7 Å². The molecule has 0 aliphatic rings. The standard InChI is InChI=1S/C23H18FN7/c24-19-4-2-1-3-18(19)21-20(16-9-11-27-12-10-16)30-22(31-21)17-7-5-15(6-8-17)13-28-23(26)29-14-25/h1-12H,13H2,(H,30,31)(H3,26,28,29). The maximum atomic E-state index is 14.5. The smallest absolute Gasteiger partial charge is 0.202 e. The number of nitrogens with one attached hydrogen (secondary N) is 4. The van der Waals surface area contributed by atoms with E-state index in [1.807, 2.05) is 36.4 Å². The molecule has 7 nitrogen and oxygen atoms in total. The van der Waals surface area contributed by atoms with Crippen molar-refractivity contribution in [2.45, 2.75) is 6.54 Å². The van der Waals surface area contributed by atoms with Crippen molar-refractivity contribution in [3.05, 3.63) is 84.4 Å². The molecule has 0 fully saturated rings. The van der Waals surface area contributed by atoms with Gasteiger partial charge in [0.1, 0.15) is 11.6 Å². The van der Waals surface area contributed by atoms with Gasteiger partial charge in [-0.3, -0.25) is 15.7 Å². The van der Waals surface area contributed by atoms with E-state index in [9.17, 15) is 4.39 Å². The number of aromatic nitrogens is 3. The van der Waals surface area contributed by atoms with Crippen LogP contribution in [0.5, 0.6) is 0 Å². The quantitative estimate of drug-likeness (QED) is 0.171. The first-order valence-corrected chi connectivity index (χ1v) is 9.48. The summed E-state index contributed by atoms with van der Waals surface area (Å²) in [5.74, 6) is 0.211. The molecule has 4 aromatic rings. The second-order valence-electron chi connectivity index (χ2n) is 6.69. The summed E-state index contributed by atoms with van der Waals surface area (Å²) in [7, 11) is 0. The number of guanidine groups is 1. The van der Waals surface area contributed by atoms with Crippen molar-refractivity contribution in [3.63, 3.8) is 0 Å². The molecule has 0 atom stereocenters. The topological polar surface area (TPSA) is 113 Å². The van der Waals surface area contributed by atoms with Crippen LogP contribution in [0.1, 0.15) is 5.56 Å². The first-order valence-electron chi connectivity index (χ1n) is 9.48. The molecule has 0 bridgehead atoms. The summed E-state index contributed by atoms with van der Waals surface area (Å²) in [4.78, 5) is 12.1. The number of nitriles is 1. The van der Waals surface area contributed by atoms with Gasteiger partial charge in [0, 0.05) is 35.6 Å². The number of rotatable bonds is 5. The van der Waals surface area contributed by atoms with E-state index in [1.54, 1.807) is 36.8 Å². The van der Waals surface area contributed by atoms with Gasteiger partial charge in [0.2, 0.25) is 5.96 Å². The van der Waals surface area contributed by atoms with Gasteiger partial charge in [0.15, 0.2) is 6.19 Å². The molecule has 0 aliphatic heterocycles. The maximum Gasteiger partial charge on any atom is 0.202 e. The molecule has 31 heavy (non-hydrogen) atoms. The van der Waals surface area contributed by atoms with Crippen molar-refractivity contribution in [2.75, 3.05) is 0 Å². The molecular formula is C23H18FN7. The molecule has 0 spiro atoms. The Morgan fingerprint density at radius 3 is 2.48 bits per heavy atom. The normalized spacial score (nSPS) is 10.3. The van der Waals surface area contributed by atoms with Gasteiger partial charge in [-0.15, -0.1) is 0 Å². The number of H-pyrrole nitrogens is 1. The van der Waals surface area contributed by atoms with Crippen LogP contribution in [0.15, 0.2) is 73.1 Å². The van der Waals surface area contributed by atoms with Crippen LogP contribution in [0.25, 0.3) is 33.9 Å². The number of nitrogens with zero attached hydrogens (tertiary/aromatic N) is 3. The highest BCUT2D eigenvalue weighted by Gasteiger charge is 2.17. The minimum atomic E-state index is -0.342. The van der Waals surface area contributed by atoms with Gasteiger partial charge in [-0.2, -0.15) is 5.26 Å². The van der Waals surface area contributed by atoms with Crippen molar-refractivity contribution in [1.82, 2.24) is 25.6 Å². The number of pyridine rings is 1. The molecule has 8 heteroatoms. The van der Waals surface area contributed by atoms with E-state index in [2.05, 4.69) is 20.6 Å². The summed E-state index contributed by atoms with van der Waals surface area (Å²) in [5.41, 5.74) is 4.29. The molecule has 2 aromatic heterocycles. The van der Waals surface area contributed by atoms with Gasteiger partial charge in [0.25, 0.3) is 0 Å². The predicted octanol–water partition coefficient (Wildman–Crippen LogP) is 4.04. The molecule has 4 rings (SSSR count). The molecule has 152 valence electrons. The lowest BCUT2D eigenvalue weighted by atomic mass is 10.1. The zero-order valence-corrected chi connectivity index (χ0v) is 16.4. The Kier molecular flexibility index (Phi) is 5.67. The number of imidazole rings is 1. The molecular weight excluding hydrogens is 393 g/mol. The summed E-state index contributed by atoms with van der Waals surface area (Å²) in [5, 5.41) is 21.1. The van der Waals surface area contributed by atoms with E-state index in [0.29, 0.717) is 29.3 Å². The van der Waals surface area contributed by atoms with Crippen molar-refractivity contribution >= 4 is 5.96 Å². The van der Waals surface area contributed by atoms with Crippen LogP contribution in [0, 0.1) is 22.7 Å². The van der Waals surface area contributed by atoms with Gasteiger partial charge in [-0.25, -0.2) is 9.37 Å². The average molecular weight is 411 g/mol. The van der Waals surface area contributed by atoms with Crippen LogP contribution < -0.4 is 10.6 Å².